The summed E-state index contributed by atoms with van der Waals surface area (Å²) in [5.74, 6) is 0. The SMILES string of the molecule is CC1(C)CN(Cc2cc3ccccc3[nH]c2=O)CCN1. The van der Waals surface area contributed by atoms with E-state index in [1.807, 2.05) is 30.3 Å². The van der Waals surface area contributed by atoms with Gasteiger partial charge in [-0.1, -0.05) is 18.2 Å². The molecule has 0 aliphatic carbocycles. The van der Waals surface area contributed by atoms with Crippen LogP contribution in [0.3, 0.4) is 0 Å². The number of rotatable bonds is 2. The van der Waals surface area contributed by atoms with Crippen LogP contribution < -0.4 is 10.9 Å². The number of nitrogens with one attached hydrogen (secondary N) is 2. The average Bonchev–Trinajstić information content (AvgIpc) is 2.38. The second-order valence-electron chi connectivity index (χ2n) is 6.23. The lowest BCUT2D eigenvalue weighted by Crippen LogP contribution is -2.56. The van der Waals surface area contributed by atoms with Crippen molar-refractivity contribution in [3.63, 3.8) is 0 Å². The fourth-order valence-electron chi connectivity index (χ4n) is 2.93. The van der Waals surface area contributed by atoms with Crippen molar-refractivity contribution in [2.75, 3.05) is 19.6 Å². The first-order chi connectivity index (χ1) is 9.53. The van der Waals surface area contributed by atoms with E-state index in [1.54, 1.807) is 0 Å². The van der Waals surface area contributed by atoms with Crippen molar-refractivity contribution < 1.29 is 0 Å². The van der Waals surface area contributed by atoms with Crippen LogP contribution in [0.2, 0.25) is 0 Å². The molecule has 1 fully saturated rings. The van der Waals surface area contributed by atoms with Gasteiger partial charge in [0.05, 0.1) is 0 Å². The summed E-state index contributed by atoms with van der Waals surface area (Å²) < 4.78 is 0. The largest absolute Gasteiger partial charge is 0.322 e. The van der Waals surface area contributed by atoms with Crippen LogP contribution in [0.15, 0.2) is 35.1 Å². The Balaban J connectivity index is 1.87. The number of aromatic amines is 1. The van der Waals surface area contributed by atoms with E-state index in [0.29, 0.717) is 6.54 Å². The molecule has 0 spiro atoms. The maximum Gasteiger partial charge on any atom is 0.252 e. The second kappa shape index (κ2) is 5.04. The Bertz CT molecular complexity index is 675. The Morgan fingerprint density at radius 3 is 2.90 bits per heavy atom. The maximum atomic E-state index is 12.2. The highest BCUT2D eigenvalue weighted by molar-refractivity contribution is 5.78. The van der Waals surface area contributed by atoms with Crippen molar-refractivity contribution in [1.29, 1.82) is 0 Å². The van der Waals surface area contributed by atoms with Gasteiger partial charge in [-0.2, -0.15) is 0 Å². The molecule has 0 saturated carbocycles. The van der Waals surface area contributed by atoms with E-state index in [2.05, 4.69) is 29.0 Å². The van der Waals surface area contributed by atoms with Gasteiger partial charge in [-0.25, -0.2) is 0 Å². The van der Waals surface area contributed by atoms with Gasteiger partial charge in [0.1, 0.15) is 0 Å². The van der Waals surface area contributed by atoms with Crippen molar-refractivity contribution in [3.8, 4) is 0 Å². The molecule has 2 aromatic rings. The molecular weight excluding hydrogens is 250 g/mol. The quantitative estimate of drug-likeness (QED) is 0.874. The zero-order chi connectivity index (χ0) is 14.2. The highest BCUT2D eigenvalue weighted by Crippen LogP contribution is 2.15. The molecule has 20 heavy (non-hydrogen) atoms. The van der Waals surface area contributed by atoms with Gasteiger partial charge < -0.3 is 10.3 Å². The molecule has 0 unspecified atom stereocenters. The van der Waals surface area contributed by atoms with E-state index in [9.17, 15) is 4.79 Å². The summed E-state index contributed by atoms with van der Waals surface area (Å²) in [6, 6.07) is 9.93. The van der Waals surface area contributed by atoms with Gasteiger partial charge in [-0.15, -0.1) is 0 Å². The molecule has 0 radical (unpaired) electrons. The Morgan fingerprint density at radius 2 is 2.10 bits per heavy atom. The monoisotopic (exact) mass is 271 g/mol. The molecule has 0 bridgehead atoms. The minimum Gasteiger partial charge on any atom is -0.322 e. The van der Waals surface area contributed by atoms with Gasteiger partial charge in [0.2, 0.25) is 0 Å². The summed E-state index contributed by atoms with van der Waals surface area (Å²) in [6.45, 7) is 8.02. The molecule has 1 aliphatic heterocycles. The van der Waals surface area contributed by atoms with Crippen LogP contribution >= 0.6 is 0 Å². The fraction of sp³-hybridized carbons (Fsp3) is 0.438. The number of pyridine rings is 1. The Hall–Kier alpha value is -1.65. The van der Waals surface area contributed by atoms with Gasteiger partial charge in [-0.3, -0.25) is 9.69 Å². The van der Waals surface area contributed by atoms with E-state index in [4.69, 9.17) is 0 Å². The number of piperazine rings is 1. The zero-order valence-corrected chi connectivity index (χ0v) is 12.1. The molecule has 106 valence electrons. The molecule has 3 rings (SSSR count). The van der Waals surface area contributed by atoms with Crippen LogP contribution in [0.25, 0.3) is 10.9 Å². The Labute approximate surface area is 118 Å². The summed E-state index contributed by atoms with van der Waals surface area (Å²) in [5, 5.41) is 4.58. The van der Waals surface area contributed by atoms with Crippen LogP contribution in [-0.2, 0) is 6.54 Å². The van der Waals surface area contributed by atoms with Crippen molar-refractivity contribution >= 4 is 10.9 Å². The van der Waals surface area contributed by atoms with Crippen LogP contribution in [0.4, 0.5) is 0 Å². The molecule has 4 nitrogen and oxygen atoms in total. The van der Waals surface area contributed by atoms with E-state index < -0.39 is 0 Å². The predicted octanol–water partition coefficient (Wildman–Crippen LogP) is 1.71. The van der Waals surface area contributed by atoms with Gasteiger partial charge in [0.25, 0.3) is 5.56 Å². The molecule has 2 heterocycles. The molecule has 1 aromatic carbocycles. The molecular formula is C16H21N3O. The Morgan fingerprint density at radius 1 is 1.30 bits per heavy atom. The molecule has 4 heteroatoms. The van der Waals surface area contributed by atoms with Gasteiger partial charge in [-0.05, 0) is 31.4 Å². The van der Waals surface area contributed by atoms with Crippen molar-refractivity contribution in [1.82, 2.24) is 15.2 Å². The van der Waals surface area contributed by atoms with E-state index in [0.717, 1.165) is 36.1 Å². The lowest BCUT2D eigenvalue weighted by atomic mass is 10.0. The minimum absolute atomic E-state index is 0.0278. The summed E-state index contributed by atoms with van der Waals surface area (Å²) in [7, 11) is 0. The summed E-state index contributed by atoms with van der Waals surface area (Å²) in [5.41, 5.74) is 1.89. The van der Waals surface area contributed by atoms with Crippen LogP contribution in [0.5, 0.6) is 0 Å². The molecule has 2 N–H and O–H groups in total. The number of benzene rings is 1. The van der Waals surface area contributed by atoms with Gasteiger partial charge in [0.15, 0.2) is 0 Å². The van der Waals surface area contributed by atoms with Crippen molar-refractivity contribution in [2.24, 2.45) is 0 Å². The number of nitrogens with zero attached hydrogens (tertiary/aromatic N) is 1. The lowest BCUT2D eigenvalue weighted by molar-refractivity contribution is 0.148. The number of fused-ring (bicyclic) bond motifs is 1. The summed E-state index contributed by atoms with van der Waals surface area (Å²) in [4.78, 5) is 17.5. The molecule has 1 saturated heterocycles. The van der Waals surface area contributed by atoms with Gasteiger partial charge >= 0.3 is 0 Å². The number of H-pyrrole nitrogens is 1. The predicted molar refractivity (Wildman–Crippen MR) is 81.9 cm³/mol. The third-order valence-corrected chi connectivity index (χ3v) is 3.87. The van der Waals surface area contributed by atoms with Crippen LogP contribution in [-0.4, -0.2) is 35.1 Å². The smallest absolute Gasteiger partial charge is 0.252 e. The van der Waals surface area contributed by atoms with Crippen LogP contribution in [0, 0.1) is 0 Å². The highest BCUT2D eigenvalue weighted by atomic mass is 16.1. The van der Waals surface area contributed by atoms with Gasteiger partial charge in [0, 0.05) is 42.8 Å². The van der Waals surface area contributed by atoms with E-state index in [1.165, 1.54) is 0 Å². The first kappa shape index (κ1) is 13.3. The highest BCUT2D eigenvalue weighted by Gasteiger charge is 2.25. The first-order valence-corrected chi connectivity index (χ1v) is 7.12. The Kier molecular flexibility index (Phi) is 3.36. The molecule has 0 atom stereocenters. The zero-order valence-electron chi connectivity index (χ0n) is 12.1. The fourth-order valence-corrected chi connectivity index (χ4v) is 2.93. The van der Waals surface area contributed by atoms with Crippen molar-refractivity contribution in [3.05, 3.63) is 46.2 Å². The van der Waals surface area contributed by atoms with Crippen LogP contribution in [0.1, 0.15) is 19.4 Å². The van der Waals surface area contributed by atoms with E-state index >= 15 is 0 Å². The van der Waals surface area contributed by atoms with E-state index in [-0.39, 0.29) is 11.1 Å². The maximum absolute atomic E-state index is 12.2. The summed E-state index contributed by atoms with van der Waals surface area (Å²) >= 11 is 0. The summed E-state index contributed by atoms with van der Waals surface area (Å²) in [6.07, 6.45) is 0. The number of aromatic nitrogens is 1. The standard InChI is InChI=1S/C16H21N3O/c1-16(2)11-19(8-7-17-16)10-13-9-12-5-3-4-6-14(12)18-15(13)20/h3-6,9,17H,7-8,10-11H2,1-2H3,(H,18,20). The van der Waals surface area contributed by atoms with Crippen molar-refractivity contribution in [2.45, 2.75) is 25.9 Å². The number of hydrogen-bond donors (Lipinski definition) is 2. The molecule has 1 aromatic heterocycles. The third kappa shape index (κ3) is 2.76. The minimum atomic E-state index is 0.0278. The average molecular weight is 271 g/mol. The first-order valence-electron chi connectivity index (χ1n) is 7.12. The second-order valence-corrected chi connectivity index (χ2v) is 6.23. The number of para-hydroxylation sites is 1. The topological polar surface area (TPSA) is 48.1 Å². The third-order valence-electron chi connectivity index (χ3n) is 3.87. The normalized spacial score (nSPS) is 19.3. The number of hydrogen-bond acceptors (Lipinski definition) is 3. The molecule has 1 aliphatic rings. The molecule has 0 amide bonds. The lowest BCUT2D eigenvalue weighted by Gasteiger charge is -2.39.